The Balaban J connectivity index is 1.41. The van der Waals surface area contributed by atoms with Gasteiger partial charge in [0.15, 0.2) is 5.11 Å². The summed E-state index contributed by atoms with van der Waals surface area (Å²) < 4.78 is 48.7. The van der Waals surface area contributed by atoms with Crippen LogP contribution in [-0.4, -0.2) is 20.8 Å². The molecule has 1 saturated carbocycles. The Hall–Kier alpha value is -3.85. The van der Waals surface area contributed by atoms with Crippen LogP contribution in [0.3, 0.4) is 0 Å². The molecule has 6 rings (SSSR count). The number of nitrogens with one attached hydrogen (secondary N) is 1. The second-order valence-electron chi connectivity index (χ2n) is 10.7. The Morgan fingerprint density at radius 2 is 1.68 bits per heavy atom. The average Bonchev–Trinajstić information content (AvgIpc) is 3.67. The molecule has 2 aromatic heterocycles. The lowest BCUT2D eigenvalue weighted by Gasteiger charge is -2.28. The van der Waals surface area contributed by atoms with Gasteiger partial charge >= 0.3 is 6.18 Å². The van der Waals surface area contributed by atoms with Crippen molar-refractivity contribution in [1.29, 1.82) is 0 Å². The van der Waals surface area contributed by atoms with Crippen LogP contribution in [0.15, 0.2) is 79.0 Å². The zero-order valence-electron chi connectivity index (χ0n) is 22.9. The van der Waals surface area contributed by atoms with E-state index in [9.17, 15) is 13.2 Å². The van der Waals surface area contributed by atoms with Crippen LogP contribution in [0.25, 0.3) is 5.69 Å². The van der Waals surface area contributed by atoms with Crippen molar-refractivity contribution in [3.8, 4) is 11.4 Å². The Labute approximate surface area is 243 Å². The predicted octanol–water partition coefficient (Wildman–Crippen LogP) is 8.01. The first-order chi connectivity index (χ1) is 19.7. The van der Waals surface area contributed by atoms with Crippen molar-refractivity contribution in [2.24, 2.45) is 0 Å². The van der Waals surface area contributed by atoms with Gasteiger partial charge in [0, 0.05) is 29.0 Å². The minimum atomic E-state index is -4.43. The topological polar surface area (TPSA) is 42.3 Å². The van der Waals surface area contributed by atoms with Gasteiger partial charge in [-0.3, -0.25) is 4.98 Å². The van der Waals surface area contributed by atoms with E-state index in [2.05, 4.69) is 15.2 Å². The third kappa shape index (κ3) is 5.30. The lowest BCUT2D eigenvalue weighted by Crippen LogP contribution is -2.29. The molecule has 1 saturated heterocycles. The number of pyridine rings is 1. The summed E-state index contributed by atoms with van der Waals surface area (Å²) in [6.07, 6.45) is 2.15. The largest absolute Gasteiger partial charge is 0.490 e. The average molecular weight is 577 g/mol. The summed E-state index contributed by atoms with van der Waals surface area (Å²) in [6, 6.07) is 20.7. The number of aryl methyl sites for hydroxylation is 1. The van der Waals surface area contributed by atoms with Crippen LogP contribution in [0.1, 0.15) is 66.0 Å². The lowest BCUT2D eigenvalue weighted by molar-refractivity contribution is -0.137. The normalized spacial score (nSPS) is 19.5. The second-order valence-corrected chi connectivity index (χ2v) is 11.1. The number of anilines is 1. The maximum atomic E-state index is 13.5. The minimum Gasteiger partial charge on any atom is -0.490 e. The fraction of sp³-hybridized carbons (Fsp3) is 0.312. The number of aromatic nitrogens is 2. The molecule has 2 fully saturated rings. The number of hydrogen-bond acceptors (Lipinski definition) is 3. The third-order valence-corrected chi connectivity index (χ3v) is 8.35. The summed E-state index contributed by atoms with van der Waals surface area (Å²) in [5.74, 6) is 0.833. The van der Waals surface area contributed by atoms with Gasteiger partial charge in [-0.05, 0) is 118 Å². The zero-order valence-corrected chi connectivity index (χ0v) is 23.7. The van der Waals surface area contributed by atoms with Crippen molar-refractivity contribution in [1.82, 2.24) is 14.9 Å². The number of thiocarbonyl (C=S) groups is 1. The van der Waals surface area contributed by atoms with Gasteiger partial charge < -0.3 is 19.5 Å². The van der Waals surface area contributed by atoms with Gasteiger partial charge in [0.25, 0.3) is 0 Å². The van der Waals surface area contributed by atoms with Crippen molar-refractivity contribution in [3.05, 3.63) is 107 Å². The molecule has 0 unspecified atom stereocenters. The van der Waals surface area contributed by atoms with E-state index in [0.717, 1.165) is 53.0 Å². The van der Waals surface area contributed by atoms with E-state index in [4.69, 9.17) is 17.0 Å². The summed E-state index contributed by atoms with van der Waals surface area (Å²) in [5.41, 5.74) is 4.12. The first-order valence-electron chi connectivity index (χ1n) is 13.8. The van der Waals surface area contributed by atoms with Gasteiger partial charge in [-0.1, -0.05) is 12.1 Å². The fourth-order valence-corrected chi connectivity index (χ4v) is 6.48. The van der Waals surface area contributed by atoms with Gasteiger partial charge in [0.2, 0.25) is 0 Å². The van der Waals surface area contributed by atoms with Gasteiger partial charge in [0.1, 0.15) is 5.75 Å². The molecule has 0 radical (unpaired) electrons. The molecule has 0 spiro atoms. The molecular formula is C32H31F3N4OS. The summed E-state index contributed by atoms with van der Waals surface area (Å²) in [7, 11) is 0. The molecule has 1 N–H and O–H groups in total. The molecular weight excluding hydrogens is 545 g/mol. The molecule has 2 aromatic carbocycles. The molecule has 9 heteroatoms. The Morgan fingerprint density at radius 3 is 2.37 bits per heavy atom. The second kappa shape index (κ2) is 10.9. The molecule has 5 nitrogen and oxygen atoms in total. The zero-order chi connectivity index (χ0) is 28.7. The number of hydrogen-bond donors (Lipinski definition) is 1. The van der Waals surface area contributed by atoms with Crippen LogP contribution in [0.2, 0.25) is 0 Å². The first-order valence-corrected chi connectivity index (χ1v) is 14.3. The van der Waals surface area contributed by atoms with E-state index in [1.54, 1.807) is 12.3 Å². The van der Waals surface area contributed by atoms with Crippen molar-refractivity contribution in [3.63, 3.8) is 0 Å². The molecule has 2 aliphatic rings. The van der Waals surface area contributed by atoms with Crippen LogP contribution in [-0.2, 0) is 6.18 Å². The molecule has 0 amide bonds. The highest BCUT2D eigenvalue weighted by Crippen LogP contribution is 2.44. The molecule has 3 heterocycles. The van der Waals surface area contributed by atoms with Crippen LogP contribution in [0.4, 0.5) is 18.9 Å². The first kappa shape index (κ1) is 27.3. The predicted molar refractivity (Wildman–Crippen MR) is 158 cm³/mol. The van der Waals surface area contributed by atoms with E-state index >= 15 is 0 Å². The molecule has 2 atom stereocenters. The number of ether oxygens (including phenoxy) is 1. The molecule has 1 aliphatic carbocycles. The van der Waals surface area contributed by atoms with E-state index < -0.39 is 11.7 Å². The number of benzene rings is 2. The Bertz CT molecular complexity index is 1550. The summed E-state index contributed by atoms with van der Waals surface area (Å²) in [5, 5.41) is 4.03. The maximum Gasteiger partial charge on any atom is 0.416 e. The van der Waals surface area contributed by atoms with Crippen LogP contribution >= 0.6 is 12.2 Å². The number of nitrogens with zero attached hydrogens (tertiary/aromatic N) is 3. The van der Waals surface area contributed by atoms with Gasteiger partial charge in [-0.15, -0.1) is 0 Å². The van der Waals surface area contributed by atoms with Crippen LogP contribution in [0, 0.1) is 13.8 Å². The van der Waals surface area contributed by atoms with Crippen LogP contribution < -0.4 is 15.0 Å². The molecule has 41 heavy (non-hydrogen) atoms. The van der Waals surface area contributed by atoms with E-state index in [-0.39, 0.29) is 18.2 Å². The van der Waals surface area contributed by atoms with Gasteiger partial charge in [0.05, 0.1) is 29.4 Å². The highest BCUT2D eigenvalue weighted by Gasteiger charge is 2.42. The molecule has 4 aromatic rings. The molecule has 1 aliphatic heterocycles. The van der Waals surface area contributed by atoms with E-state index in [1.165, 1.54) is 25.0 Å². The Kier molecular flexibility index (Phi) is 7.23. The highest BCUT2D eigenvalue weighted by atomic mass is 32.1. The highest BCUT2D eigenvalue weighted by molar-refractivity contribution is 7.80. The number of alkyl halides is 3. The van der Waals surface area contributed by atoms with E-state index in [1.807, 2.05) is 66.9 Å². The summed E-state index contributed by atoms with van der Waals surface area (Å²) in [4.78, 5) is 6.70. The monoisotopic (exact) mass is 576 g/mol. The molecule has 212 valence electrons. The van der Waals surface area contributed by atoms with E-state index in [0.29, 0.717) is 10.8 Å². The quantitative estimate of drug-likeness (QED) is 0.236. The van der Waals surface area contributed by atoms with Crippen molar-refractivity contribution >= 4 is 23.0 Å². The lowest BCUT2D eigenvalue weighted by atomic mass is 9.96. The maximum absolute atomic E-state index is 13.5. The summed E-state index contributed by atoms with van der Waals surface area (Å²) >= 11 is 5.88. The number of rotatable bonds is 6. The minimum absolute atomic E-state index is 0.262. The van der Waals surface area contributed by atoms with Crippen LogP contribution in [0.5, 0.6) is 5.75 Å². The van der Waals surface area contributed by atoms with Crippen molar-refractivity contribution < 1.29 is 17.9 Å². The number of halogens is 3. The van der Waals surface area contributed by atoms with Crippen molar-refractivity contribution in [2.75, 3.05) is 4.90 Å². The SMILES string of the molecule is Cc1cc([C@@H]2[C@H](c3ccccn3)NC(=S)N2c2ccc(OC3CCCC3)cc2)c(C)n1-c1cccc(C(F)(F)F)c1. The fourth-order valence-electron chi connectivity index (χ4n) is 6.14. The van der Waals surface area contributed by atoms with Crippen molar-refractivity contribution in [2.45, 2.75) is 63.9 Å². The smallest absolute Gasteiger partial charge is 0.416 e. The molecule has 0 bridgehead atoms. The van der Waals surface area contributed by atoms with Gasteiger partial charge in [-0.25, -0.2) is 0 Å². The van der Waals surface area contributed by atoms with Gasteiger partial charge in [-0.2, -0.15) is 13.2 Å². The third-order valence-electron chi connectivity index (χ3n) is 8.04. The standard InChI is InChI=1S/C32H31F3N4OS/c1-20-18-27(21(2)38(20)24-9-7-8-22(19-24)32(33,34)35)30-29(28-12-5-6-17-36-28)37-31(41)39(30)23-13-15-26(16-14-23)40-25-10-3-4-11-25/h5-9,12-19,25,29-30H,3-4,10-11H2,1-2H3,(H,37,41)/t29-,30+/m0/s1. The Morgan fingerprint density at radius 1 is 0.927 bits per heavy atom. The summed E-state index contributed by atoms with van der Waals surface area (Å²) in [6.45, 7) is 3.85.